The fraction of sp³-hybridized carbons (Fsp3) is 0.917. The van der Waals surface area contributed by atoms with E-state index in [0.29, 0.717) is 16.4 Å². The predicted molar refractivity (Wildman–Crippen MR) is 70.1 cm³/mol. The quantitative estimate of drug-likeness (QED) is 0.753. The molecule has 1 aliphatic rings. The molecule has 2 nitrogen and oxygen atoms in total. The summed E-state index contributed by atoms with van der Waals surface area (Å²) < 4.78 is 0. The summed E-state index contributed by atoms with van der Waals surface area (Å²) in [4.78, 5) is 3.13. The Kier molecular flexibility index (Phi) is 4.53. The van der Waals surface area contributed by atoms with Gasteiger partial charge in [0.25, 0.3) is 0 Å². The first-order chi connectivity index (χ1) is 6.96. The van der Waals surface area contributed by atoms with Crippen LogP contribution < -0.4 is 5.73 Å². The Bertz CT molecular complexity index is 226. The van der Waals surface area contributed by atoms with Gasteiger partial charge in [-0.05, 0) is 44.2 Å². The minimum Gasteiger partial charge on any atom is -0.392 e. The molecule has 1 fully saturated rings. The fourth-order valence-electron chi connectivity index (χ4n) is 2.39. The highest BCUT2D eigenvalue weighted by atomic mass is 32.1. The van der Waals surface area contributed by atoms with Crippen LogP contribution in [0.4, 0.5) is 0 Å². The minimum absolute atomic E-state index is 0.314. The summed E-state index contributed by atoms with van der Waals surface area (Å²) >= 11 is 5.13. The third-order valence-electron chi connectivity index (χ3n) is 3.53. The zero-order valence-corrected chi connectivity index (χ0v) is 11.1. The number of rotatable bonds is 3. The molecule has 0 spiro atoms. The summed E-state index contributed by atoms with van der Waals surface area (Å²) in [6.07, 6.45) is 4.88. The van der Waals surface area contributed by atoms with Crippen molar-refractivity contribution >= 4 is 17.2 Å². The van der Waals surface area contributed by atoms with Crippen LogP contribution in [0, 0.1) is 5.41 Å². The molecule has 2 N–H and O–H groups in total. The molecule has 0 aromatic rings. The Morgan fingerprint density at radius 1 is 1.40 bits per heavy atom. The molecule has 15 heavy (non-hydrogen) atoms. The topological polar surface area (TPSA) is 29.3 Å². The van der Waals surface area contributed by atoms with Gasteiger partial charge >= 0.3 is 0 Å². The molecule has 0 radical (unpaired) electrons. The maximum Gasteiger partial charge on any atom is 0.0901 e. The number of hydrogen-bond donors (Lipinski definition) is 1. The van der Waals surface area contributed by atoms with Crippen LogP contribution in [0.15, 0.2) is 0 Å². The van der Waals surface area contributed by atoms with E-state index in [2.05, 4.69) is 25.7 Å². The first kappa shape index (κ1) is 12.9. The molecule has 0 amide bonds. The van der Waals surface area contributed by atoms with Gasteiger partial charge in [-0.1, -0.05) is 33.0 Å². The highest BCUT2D eigenvalue weighted by Crippen LogP contribution is 2.30. The van der Waals surface area contributed by atoms with Crippen molar-refractivity contribution in [2.75, 3.05) is 13.1 Å². The standard InChI is InChI=1S/C12H24N2S/c1-4-10(11(13)15)14-8-5-6-12(2,3)7-9-14/h10H,4-9H2,1-3H3,(H2,13,15). The minimum atomic E-state index is 0.314. The zero-order valence-electron chi connectivity index (χ0n) is 10.3. The van der Waals surface area contributed by atoms with Gasteiger partial charge in [0.1, 0.15) is 0 Å². The Morgan fingerprint density at radius 3 is 2.60 bits per heavy atom. The van der Waals surface area contributed by atoms with Crippen LogP contribution in [0.1, 0.15) is 46.5 Å². The Balaban J connectivity index is 2.60. The van der Waals surface area contributed by atoms with E-state index in [-0.39, 0.29) is 0 Å². The average Bonchev–Trinajstić information content (AvgIpc) is 2.28. The van der Waals surface area contributed by atoms with Gasteiger partial charge in [-0.15, -0.1) is 0 Å². The normalized spacial score (nSPS) is 24.5. The van der Waals surface area contributed by atoms with Crippen LogP contribution >= 0.6 is 12.2 Å². The maximum atomic E-state index is 5.79. The van der Waals surface area contributed by atoms with Crippen molar-refractivity contribution in [3.63, 3.8) is 0 Å². The van der Waals surface area contributed by atoms with Crippen LogP contribution in [0.25, 0.3) is 0 Å². The van der Waals surface area contributed by atoms with Crippen molar-refractivity contribution in [3.05, 3.63) is 0 Å². The second-order valence-electron chi connectivity index (χ2n) is 5.38. The average molecular weight is 228 g/mol. The van der Waals surface area contributed by atoms with Gasteiger partial charge in [-0.3, -0.25) is 4.90 Å². The van der Waals surface area contributed by atoms with Crippen LogP contribution in [-0.2, 0) is 0 Å². The van der Waals surface area contributed by atoms with E-state index in [1.165, 1.54) is 19.3 Å². The molecule has 0 aromatic heterocycles. The summed E-state index contributed by atoms with van der Waals surface area (Å²) in [5, 5.41) is 0. The summed E-state index contributed by atoms with van der Waals surface area (Å²) in [5.41, 5.74) is 6.28. The molecule has 1 aliphatic heterocycles. The molecular weight excluding hydrogens is 204 g/mol. The van der Waals surface area contributed by atoms with Crippen molar-refractivity contribution in [1.29, 1.82) is 0 Å². The maximum absolute atomic E-state index is 5.79. The van der Waals surface area contributed by atoms with E-state index < -0.39 is 0 Å². The number of likely N-dealkylation sites (tertiary alicyclic amines) is 1. The third-order valence-corrected chi connectivity index (χ3v) is 3.80. The van der Waals surface area contributed by atoms with E-state index in [1.54, 1.807) is 0 Å². The molecule has 1 atom stereocenters. The van der Waals surface area contributed by atoms with E-state index in [4.69, 9.17) is 18.0 Å². The van der Waals surface area contributed by atoms with Crippen molar-refractivity contribution in [3.8, 4) is 0 Å². The molecule has 1 saturated heterocycles. The zero-order chi connectivity index (χ0) is 11.5. The summed E-state index contributed by atoms with van der Waals surface area (Å²) in [5.74, 6) is 0. The second kappa shape index (κ2) is 5.26. The molecule has 0 saturated carbocycles. The summed E-state index contributed by atoms with van der Waals surface area (Å²) in [7, 11) is 0. The predicted octanol–water partition coefficient (Wildman–Crippen LogP) is 2.56. The monoisotopic (exact) mass is 228 g/mol. The van der Waals surface area contributed by atoms with Crippen molar-refractivity contribution in [2.24, 2.45) is 11.1 Å². The molecule has 1 rings (SSSR count). The van der Waals surface area contributed by atoms with Gasteiger partial charge in [0, 0.05) is 0 Å². The largest absolute Gasteiger partial charge is 0.392 e. The number of nitrogens with zero attached hydrogens (tertiary/aromatic N) is 1. The molecule has 0 aromatic carbocycles. The Labute approximate surface area is 99.2 Å². The number of thiocarbonyl (C=S) groups is 1. The molecular formula is C12H24N2S. The lowest BCUT2D eigenvalue weighted by Crippen LogP contribution is -2.44. The molecule has 1 heterocycles. The SMILES string of the molecule is CCC(C(N)=S)N1CCCC(C)(C)CC1. The Morgan fingerprint density at radius 2 is 2.07 bits per heavy atom. The second-order valence-corrected chi connectivity index (χ2v) is 5.85. The molecule has 1 unspecified atom stereocenters. The highest BCUT2D eigenvalue weighted by molar-refractivity contribution is 7.80. The van der Waals surface area contributed by atoms with Crippen molar-refractivity contribution in [1.82, 2.24) is 4.90 Å². The van der Waals surface area contributed by atoms with Crippen LogP contribution in [-0.4, -0.2) is 29.0 Å². The van der Waals surface area contributed by atoms with Crippen molar-refractivity contribution < 1.29 is 0 Å². The number of nitrogens with two attached hydrogens (primary N) is 1. The van der Waals surface area contributed by atoms with E-state index >= 15 is 0 Å². The van der Waals surface area contributed by atoms with E-state index in [0.717, 1.165) is 19.5 Å². The van der Waals surface area contributed by atoms with Crippen LogP contribution in [0.3, 0.4) is 0 Å². The van der Waals surface area contributed by atoms with Gasteiger partial charge < -0.3 is 5.73 Å². The molecule has 88 valence electrons. The highest BCUT2D eigenvalue weighted by Gasteiger charge is 2.27. The lowest BCUT2D eigenvalue weighted by atomic mass is 9.85. The van der Waals surface area contributed by atoms with E-state index in [1.807, 2.05) is 0 Å². The first-order valence-electron chi connectivity index (χ1n) is 5.99. The summed E-state index contributed by atoms with van der Waals surface area (Å²) in [6.45, 7) is 9.18. The lowest BCUT2D eigenvalue weighted by molar-refractivity contribution is 0.233. The fourth-order valence-corrected chi connectivity index (χ4v) is 2.71. The van der Waals surface area contributed by atoms with Gasteiger partial charge in [0.05, 0.1) is 11.0 Å². The first-order valence-corrected chi connectivity index (χ1v) is 6.40. The third kappa shape index (κ3) is 3.72. The lowest BCUT2D eigenvalue weighted by Gasteiger charge is -2.29. The van der Waals surface area contributed by atoms with Crippen LogP contribution in [0.5, 0.6) is 0 Å². The smallest absolute Gasteiger partial charge is 0.0901 e. The van der Waals surface area contributed by atoms with E-state index in [9.17, 15) is 0 Å². The Hall–Kier alpha value is -0.150. The number of hydrogen-bond acceptors (Lipinski definition) is 2. The summed E-state index contributed by atoms with van der Waals surface area (Å²) in [6, 6.07) is 0.314. The molecule has 3 heteroatoms. The van der Waals surface area contributed by atoms with Crippen molar-refractivity contribution in [2.45, 2.75) is 52.5 Å². The molecule has 0 aliphatic carbocycles. The molecule has 0 bridgehead atoms. The van der Waals surface area contributed by atoms with Crippen LogP contribution in [0.2, 0.25) is 0 Å². The van der Waals surface area contributed by atoms with Gasteiger partial charge in [-0.25, -0.2) is 0 Å². The van der Waals surface area contributed by atoms with Gasteiger partial charge in [0.2, 0.25) is 0 Å². The van der Waals surface area contributed by atoms with Gasteiger partial charge in [0.15, 0.2) is 0 Å². The van der Waals surface area contributed by atoms with Gasteiger partial charge in [-0.2, -0.15) is 0 Å².